The summed E-state index contributed by atoms with van der Waals surface area (Å²) < 4.78 is 13.1. The third-order valence-electron chi connectivity index (χ3n) is 4.92. The van der Waals surface area contributed by atoms with Crippen LogP contribution in [-0.4, -0.2) is 58.7 Å². The molecule has 0 spiro atoms. The van der Waals surface area contributed by atoms with E-state index in [4.69, 9.17) is 4.84 Å². The summed E-state index contributed by atoms with van der Waals surface area (Å²) in [4.78, 5) is 26.6. The largest absolute Gasteiger partial charge is 0.382 e. The Balaban J connectivity index is 1.28. The summed E-state index contributed by atoms with van der Waals surface area (Å²) in [6.45, 7) is 3.73. The highest BCUT2D eigenvalue weighted by Crippen LogP contribution is 2.20. The number of benzene rings is 1. The molecule has 0 saturated carbocycles. The second-order valence-electron chi connectivity index (χ2n) is 6.77. The molecule has 1 aromatic carbocycles. The van der Waals surface area contributed by atoms with Gasteiger partial charge >= 0.3 is 0 Å². The standard InChI is InChI=1S/C20H21FN4O2/c21-16-6-4-15(5-7-16)18-13-19(27-23-18)20(26)25-11-9-24(10-12-25)14-17-3-1-2-8-22-17/h1-8,19H,9-14H2. The molecule has 2 aliphatic heterocycles. The van der Waals surface area contributed by atoms with Crippen molar-refractivity contribution in [2.24, 2.45) is 5.16 Å². The van der Waals surface area contributed by atoms with Crippen LogP contribution in [0.25, 0.3) is 0 Å². The zero-order valence-electron chi connectivity index (χ0n) is 14.9. The van der Waals surface area contributed by atoms with Crippen molar-refractivity contribution in [3.8, 4) is 0 Å². The average molecular weight is 368 g/mol. The highest BCUT2D eigenvalue weighted by Gasteiger charge is 2.33. The summed E-state index contributed by atoms with van der Waals surface area (Å²) in [5.74, 6) is -0.331. The van der Waals surface area contributed by atoms with Crippen molar-refractivity contribution in [2.45, 2.75) is 19.1 Å². The van der Waals surface area contributed by atoms with Gasteiger partial charge in [-0.1, -0.05) is 23.4 Å². The molecule has 7 heteroatoms. The van der Waals surface area contributed by atoms with Crippen molar-refractivity contribution in [3.63, 3.8) is 0 Å². The van der Waals surface area contributed by atoms with Crippen molar-refractivity contribution < 1.29 is 14.0 Å². The number of carbonyl (C=O) groups is 1. The summed E-state index contributed by atoms with van der Waals surface area (Å²) in [6, 6.07) is 12.0. The normalized spacial score (nSPS) is 20.3. The lowest BCUT2D eigenvalue weighted by molar-refractivity contribution is -0.143. The molecule has 1 amide bonds. The second kappa shape index (κ2) is 7.84. The average Bonchev–Trinajstić information content (AvgIpc) is 3.20. The molecule has 2 aliphatic rings. The van der Waals surface area contributed by atoms with E-state index in [2.05, 4.69) is 15.0 Å². The van der Waals surface area contributed by atoms with Crippen molar-refractivity contribution in [1.29, 1.82) is 0 Å². The van der Waals surface area contributed by atoms with Crippen LogP contribution in [-0.2, 0) is 16.2 Å². The Hall–Kier alpha value is -2.80. The number of aromatic nitrogens is 1. The summed E-state index contributed by atoms with van der Waals surface area (Å²) in [5.41, 5.74) is 2.50. The number of halogens is 1. The smallest absolute Gasteiger partial charge is 0.266 e. The predicted octanol–water partition coefficient (Wildman–Crippen LogP) is 2.06. The van der Waals surface area contributed by atoms with Gasteiger partial charge in [-0.15, -0.1) is 0 Å². The van der Waals surface area contributed by atoms with Crippen LogP contribution in [0.4, 0.5) is 4.39 Å². The van der Waals surface area contributed by atoms with Crippen molar-refractivity contribution in [1.82, 2.24) is 14.8 Å². The van der Waals surface area contributed by atoms with Crippen LogP contribution < -0.4 is 0 Å². The van der Waals surface area contributed by atoms with Gasteiger partial charge in [0, 0.05) is 45.3 Å². The van der Waals surface area contributed by atoms with E-state index in [-0.39, 0.29) is 11.7 Å². The maximum Gasteiger partial charge on any atom is 0.266 e. The van der Waals surface area contributed by atoms with Crippen LogP contribution in [0.15, 0.2) is 53.8 Å². The lowest BCUT2D eigenvalue weighted by Gasteiger charge is -2.35. The zero-order valence-corrected chi connectivity index (χ0v) is 14.9. The molecule has 1 aromatic heterocycles. The number of nitrogens with zero attached hydrogens (tertiary/aromatic N) is 4. The fourth-order valence-corrected chi connectivity index (χ4v) is 3.37. The van der Waals surface area contributed by atoms with Gasteiger partial charge in [0.05, 0.1) is 11.4 Å². The van der Waals surface area contributed by atoms with Gasteiger partial charge < -0.3 is 9.74 Å². The maximum absolute atomic E-state index is 13.1. The van der Waals surface area contributed by atoms with E-state index in [1.807, 2.05) is 23.1 Å². The third kappa shape index (κ3) is 4.14. The van der Waals surface area contributed by atoms with Gasteiger partial charge in [-0.2, -0.15) is 0 Å². The molecule has 2 aromatic rings. The first-order chi connectivity index (χ1) is 13.2. The first kappa shape index (κ1) is 17.6. The van der Waals surface area contributed by atoms with Gasteiger partial charge in [-0.25, -0.2) is 4.39 Å². The molecule has 4 rings (SSSR count). The summed E-state index contributed by atoms with van der Waals surface area (Å²) >= 11 is 0. The van der Waals surface area contributed by atoms with Crippen LogP contribution in [0.1, 0.15) is 17.7 Å². The number of oxime groups is 1. The first-order valence-corrected chi connectivity index (χ1v) is 9.09. The molecule has 1 fully saturated rings. The maximum atomic E-state index is 13.1. The Bertz CT molecular complexity index is 818. The van der Waals surface area contributed by atoms with Gasteiger partial charge in [0.1, 0.15) is 5.82 Å². The number of amides is 1. The third-order valence-corrected chi connectivity index (χ3v) is 4.92. The summed E-state index contributed by atoms with van der Waals surface area (Å²) in [6.07, 6.45) is 1.62. The van der Waals surface area contributed by atoms with E-state index in [0.29, 0.717) is 25.2 Å². The van der Waals surface area contributed by atoms with E-state index < -0.39 is 6.10 Å². The number of hydrogen-bond acceptors (Lipinski definition) is 5. The predicted molar refractivity (Wildman–Crippen MR) is 98.5 cm³/mol. The Morgan fingerprint density at radius 3 is 2.59 bits per heavy atom. The summed E-state index contributed by atoms with van der Waals surface area (Å²) in [5, 5.41) is 4.03. The molecule has 140 valence electrons. The molecule has 0 N–H and O–H groups in total. The SMILES string of the molecule is O=C(C1CC(c2ccc(F)cc2)=NO1)N1CCN(Cc2ccccn2)CC1. The topological polar surface area (TPSA) is 58.0 Å². The Morgan fingerprint density at radius 2 is 1.89 bits per heavy atom. The number of carbonyl (C=O) groups excluding carboxylic acids is 1. The van der Waals surface area contributed by atoms with Crippen LogP contribution in [0, 0.1) is 5.82 Å². The minimum atomic E-state index is -0.590. The van der Waals surface area contributed by atoms with Crippen molar-refractivity contribution >= 4 is 11.6 Å². The fourth-order valence-electron chi connectivity index (χ4n) is 3.37. The molecular weight excluding hydrogens is 347 g/mol. The fraction of sp³-hybridized carbons (Fsp3) is 0.350. The van der Waals surface area contributed by atoms with Crippen molar-refractivity contribution in [3.05, 3.63) is 65.7 Å². The monoisotopic (exact) mass is 368 g/mol. The first-order valence-electron chi connectivity index (χ1n) is 9.09. The number of hydrogen-bond donors (Lipinski definition) is 0. The Labute approximate surface area is 157 Å². The van der Waals surface area contributed by atoms with Gasteiger partial charge in [-0.05, 0) is 29.8 Å². The molecule has 1 unspecified atom stereocenters. The van der Waals surface area contributed by atoms with Crippen LogP contribution in [0.3, 0.4) is 0 Å². The van der Waals surface area contributed by atoms with Crippen LogP contribution >= 0.6 is 0 Å². The zero-order chi connectivity index (χ0) is 18.6. The summed E-state index contributed by atoms with van der Waals surface area (Å²) in [7, 11) is 0. The van der Waals surface area contributed by atoms with E-state index in [1.165, 1.54) is 12.1 Å². The molecule has 1 saturated heterocycles. The lowest BCUT2D eigenvalue weighted by atomic mass is 10.0. The Kier molecular flexibility index (Phi) is 5.11. The highest BCUT2D eigenvalue weighted by molar-refractivity contribution is 6.04. The molecule has 6 nitrogen and oxygen atoms in total. The number of pyridine rings is 1. The van der Waals surface area contributed by atoms with Crippen molar-refractivity contribution in [2.75, 3.05) is 26.2 Å². The molecule has 1 atom stereocenters. The Morgan fingerprint density at radius 1 is 1.11 bits per heavy atom. The van der Waals surface area contributed by atoms with Gasteiger partial charge in [0.2, 0.25) is 6.10 Å². The molecule has 3 heterocycles. The van der Waals surface area contributed by atoms with Gasteiger partial charge in [0.25, 0.3) is 5.91 Å². The number of rotatable bonds is 4. The second-order valence-corrected chi connectivity index (χ2v) is 6.77. The van der Waals surface area contributed by atoms with Crippen LogP contribution in [0.5, 0.6) is 0 Å². The van der Waals surface area contributed by atoms with E-state index in [0.717, 1.165) is 30.9 Å². The lowest BCUT2D eigenvalue weighted by Crippen LogP contribution is -2.51. The molecule has 27 heavy (non-hydrogen) atoms. The van der Waals surface area contributed by atoms with Gasteiger partial charge in [-0.3, -0.25) is 14.7 Å². The van der Waals surface area contributed by atoms with E-state index in [9.17, 15) is 9.18 Å². The van der Waals surface area contributed by atoms with E-state index >= 15 is 0 Å². The molecule has 0 radical (unpaired) electrons. The minimum Gasteiger partial charge on any atom is -0.382 e. The molecular formula is C20H21FN4O2. The van der Waals surface area contributed by atoms with Crippen LogP contribution in [0.2, 0.25) is 0 Å². The molecule has 0 bridgehead atoms. The quantitative estimate of drug-likeness (QED) is 0.829. The minimum absolute atomic E-state index is 0.0339. The highest BCUT2D eigenvalue weighted by atomic mass is 19.1. The molecule has 0 aliphatic carbocycles. The number of piperazine rings is 1. The van der Waals surface area contributed by atoms with E-state index in [1.54, 1.807) is 18.3 Å². The van der Waals surface area contributed by atoms with Gasteiger partial charge in [0.15, 0.2) is 0 Å².